The van der Waals surface area contributed by atoms with Gasteiger partial charge in [0, 0.05) is 43.8 Å². The standard InChI is InChI=1S/C16H22N2O2.ClH/c1-12-10-18(7-6-17-12)16(19)14-4-2-3-13(9-14)15-5-8-20-11-15;/h2-4,9,12,15,17H,5-8,10-11H2,1H3;1H/t12-,15?;/m1./s1. The Morgan fingerprint density at radius 3 is 3.00 bits per heavy atom. The van der Waals surface area contributed by atoms with Crippen molar-refractivity contribution < 1.29 is 9.53 Å². The first-order chi connectivity index (χ1) is 9.74. The molecule has 21 heavy (non-hydrogen) atoms. The van der Waals surface area contributed by atoms with Gasteiger partial charge in [0.1, 0.15) is 0 Å². The molecular formula is C16H23ClN2O2. The van der Waals surface area contributed by atoms with Gasteiger partial charge in [0.25, 0.3) is 5.91 Å². The van der Waals surface area contributed by atoms with Gasteiger partial charge in [-0.25, -0.2) is 0 Å². The number of amides is 1. The van der Waals surface area contributed by atoms with E-state index in [1.807, 2.05) is 23.1 Å². The van der Waals surface area contributed by atoms with Crippen LogP contribution >= 0.6 is 12.4 Å². The van der Waals surface area contributed by atoms with Gasteiger partial charge in [0.2, 0.25) is 0 Å². The highest BCUT2D eigenvalue weighted by molar-refractivity contribution is 5.94. The minimum absolute atomic E-state index is 0. The van der Waals surface area contributed by atoms with Crippen molar-refractivity contribution in [1.82, 2.24) is 10.2 Å². The molecule has 5 heteroatoms. The molecule has 0 aromatic heterocycles. The summed E-state index contributed by atoms with van der Waals surface area (Å²) in [6.07, 6.45) is 1.06. The van der Waals surface area contributed by atoms with Gasteiger partial charge >= 0.3 is 0 Å². The number of nitrogens with zero attached hydrogens (tertiary/aromatic N) is 1. The Morgan fingerprint density at radius 2 is 2.29 bits per heavy atom. The van der Waals surface area contributed by atoms with E-state index in [1.165, 1.54) is 5.56 Å². The summed E-state index contributed by atoms with van der Waals surface area (Å²) in [4.78, 5) is 14.5. The molecule has 0 bridgehead atoms. The van der Waals surface area contributed by atoms with E-state index >= 15 is 0 Å². The van der Waals surface area contributed by atoms with E-state index in [-0.39, 0.29) is 18.3 Å². The number of carbonyl (C=O) groups excluding carboxylic acids is 1. The Hall–Kier alpha value is -1.10. The third-order valence-corrected chi connectivity index (χ3v) is 4.19. The second-order valence-electron chi connectivity index (χ2n) is 5.79. The average molecular weight is 311 g/mol. The number of hydrogen-bond acceptors (Lipinski definition) is 3. The summed E-state index contributed by atoms with van der Waals surface area (Å²) >= 11 is 0. The monoisotopic (exact) mass is 310 g/mol. The van der Waals surface area contributed by atoms with Gasteiger partial charge in [-0.1, -0.05) is 12.1 Å². The minimum Gasteiger partial charge on any atom is -0.381 e. The summed E-state index contributed by atoms with van der Waals surface area (Å²) in [5, 5.41) is 3.36. The molecule has 0 spiro atoms. The summed E-state index contributed by atoms with van der Waals surface area (Å²) in [5.41, 5.74) is 2.04. The molecular weight excluding hydrogens is 288 g/mol. The molecule has 1 unspecified atom stereocenters. The largest absolute Gasteiger partial charge is 0.381 e. The van der Waals surface area contributed by atoms with Crippen LogP contribution in [0, 0.1) is 0 Å². The van der Waals surface area contributed by atoms with E-state index in [0.29, 0.717) is 12.0 Å². The first-order valence-corrected chi connectivity index (χ1v) is 7.44. The summed E-state index contributed by atoms with van der Waals surface area (Å²) in [7, 11) is 0. The highest BCUT2D eigenvalue weighted by atomic mass is 35.5. The molecule has 116 valence electrons. The molecule has 0 radical (unpaired) electrons. The predicted octanol–water partition coefficient (Wildman–Crippen LogP) is 2.05. The van der Waals surface area contributed by atoms with Crippen molar-refractivity contribution >= 4 is 18.3 Å². The lowest BCUT2D eigenvalue weighted by molar-refractivity contribution is 0.0709. The van der Waals surface area contributed by atoms with Crippen LogP contribution < -0.4 is 5.32 Å². The number of rotatable bonds is 2. The number of halogens is 1. The van der Waals surface area contributed by atoms with Crippen LogP contribution in [0.25, 0.3) is 0 Å². The van der Waals surface area contributed by atoms with Crippen LogP contribution in [0.5, 0.6) is 0 Å². The molecule has 2 atom stereocenters. The van der Waals surface area contributed by atoms with Gasteiger partial charge in [-0.15, -0.1) is 12.4 Å². The fourth-order valence-electron chi connectivity index (χ4n) is 3.02. The molecule has 3 rings (SSSR count). The maximum Gasteiger partial charge on any atom is 0.253 e. The van der Waals surface area contributed by atoms with E-state index in [9.17, 15) is 4.79 Å². The van der Waals surface area contributed by atoms with E-state index in [1.54, 1.807) is 0 Å². The minimum atomic E-state index is 0. The van der Waals surface area contributed by atoms with Crippen LogP contribution in [0.2, 0.25) is 0 Å². The Bertz CT molecular complexity index is 489. The molecule has 1 amide bonds. The normalized spacial score (nSPS) is 25.5. The Labute approximate surface area is 132 Å². The zero-order chi connectivity index (χ0) is 13.9. The van der Waals surface area contributed by atoms with E-state index in [2.05, 4.69) is 18.3 Å². The van der Waals surface area contributed by atoms with Crippen LogP contribution in [0.3, 0.4) is 0 Å². The van der Waals surface area contributed by atoms with Gasteiger partial charge in [-0.05, 0) is 31.0 Å². The molecule has 2 saturated heterocycles. The maximum absolute atomic E-state index is 12.6. The third-order valence-electron chi connectivity index (χ3n) is 4.19. The van der Waals surface area contributed by atoms with Crippen molar-refractivity contribution in [3.8, 4) is 0 Å². The first-order valence-electron chi connectivity index (χ1n) is 7.44. The third kappa shape index (κ3) is 3.76. The Morgan fingerprint density at radius 1 is 1.43 bits per heavy atom. The molecule has 0 saturated carbocycles. The van der Waals surface area contributed by atoms with Crippen LogP contribution in [-0.2, 0) is 4.74 Å². The van der Waals surface area contributed by atoms with Crippen LogP contribution in [0.15, 0.2) is 24.3 Å². The summed E-state index contributed by atoms with van der Waals surface area (Å²) in [6.45, 7) is 6.19. The highest BCUT2D eigenvalue weighted by Crippen LogP contribution is 2.26. The van der Waals surface area contributed by atoms with Crippen molar-refractivity contribution in [2.75, 3.05) is 32.8 Å². The van der Waals surface area contributed by atoms with Crippen LogP contribution in [0.1, 0.15) is 35.2 Å². The second-order valence-corrected chi connectivity index (χ2v) is 5.79. The van der Waals surface area contributed by atoms with E-state index in [0.717, 1.165) is 44.8 Å². The van der Waals surface area contributed by atoms with Gasteiger partial charge in [0.05, 0.1) is 6.61 Å². The number of carbonyl (C=O) groups is 1. The van der Waals surface area contributed by atoms with Crippen molar-refractivity contribution in [1.29, 1.82) is 0 Å². The number of piperazine rings is 1. The molecule has 2 aliphatic rings. The Kier molecular flexibility index (Phi) is 5.62. The molecule has 1 N–H and O–H groups in total. The lowest BCUT2D eigenvalue weighted by atomic mass is 9.96. The lowest BCUT2D eigenvalue weighted by Crippen LogP contribution is -2.51. The number of nitrogens with one attached hydrogen (secondary N) is 1. The quantitative estimate of drug-likeness (QED) is 0.909. The van der Waals surface area contributed by atoms with Crippen LogP contribution in [0.4, 0.5) is 0 Å². The fourth-order valence-corrected chi connectivity index (χ4v) is 3.02. The second kappa shape index (κ2) is 7.25. The smallest absolute Gasteiger partial charge is 0.253 e. The van der Waals surface area contributed by atoms with Crippen molar-refractivity contribution in [2.24, 2.45) is 0 Å². The zero-order valence-electron chi connectivity index (χ0n) is 12.4. The molecule has 2 aliphatic heterocycles. The molecule has 2 fully saturated rings. The van der Waals surface area contributed by atoms with Gasteiger partial charge in [0.15, 0.2) is 0 Å². The van der Waals surface area contributed by atoms with Crippen molar-refractivity contribution in [3.05, 3.63) is 35.4 Å². The summed E-state index contributed by atoms with van der Waals surface area (Å²) in [5.74, 6) is 0.601. The Balaban J connectivity index is 0.00000161. The van der Waals surface area contributed by atoms with Crippen molar-refractivity contribution in [2.45, 2.75) is 25.3 Å². The molecule has 1 aromatic rings. The predicted molar refractivity (Wildman–Crippen MR) is 85.2 cm³/mol. The molecule has 1 aromatic carbocycles. The van der Waals surface area contributed by atoms with Crippen LogP contribution in [-0.4, -0.2) is 49.7 Å². The fraction of sp³-hybridized carbons (Fsp3) is 0.562. The topological polar surface area (TPSA) is 41.6 Å². The lowest BCUT2D eigenvalue weighted by Gasteiger charge is -2.32. The van der Waals surface area contributed by atoms with Gasteiger partial charge in [-0.2, -0.15) is 0 Å². The maximum atomic E-state index is 12.6. The first kappa shape index (κ1) is 16.3. The van der Waals surface area contributed by atoms with Gasteiger partial charge in [-0.3, -0.25) is 4.79 Å². The highest BCUT2D eigenvalue weighted by Gasteiger charge is 2.23. The molecule has 2 heterocycles. The molecule has 0 aliphatic carbocycles. The summed E-state index contributed by atoms with van der Waals surface area (Å²) < 4.78 is 5.44. The average Bonchev–Trinajstić information content (AvgIpc) is 3.01. The SMILES string of the molecule is C[C@@H]1CN(C(=O)c2cccc(C3CCOC3)c2)CCN1.Cl. The van der Waals surface area contributed by atoms with Crippen molar-refractivity contribution in [3.63, 3.8) is 0 Å². The zero-order valence-corrected chi connectivity index (χ0v) is 13.2. The van der Waals surface area contributed by atoms with E-state index < -0.39 is 0 Å². The number of ether oxygens (including phenoxy) is 1. The van der Waals surface area contributed by atoms with Gasteiger partial charge < -0.3 is 15.0 Å². The summed E-state index contributed by atoms with van der Waals surface area (Å²) in [6, 6.07) is 8.45. The molecule has 4 nitrogen and oxygen atoms in total. The number of benzene rings is 1. The number of hydrogen-bond donors (Lipinski definition) is 1. The van der Waals surface area contributed by atoms with E-state index in [4.69, 9.17) is 4.74 Å².